The number of halogens is 2. The van der Waals surface area contributed by atoms with Gasteiger partial charge in [-0.2, -0.15) is 0 Å². The summed E-state index contributed by atoms with van der Waals surface area (Å²) < 4.78 is 61.2. The van der Waals surface area contributed by atoms with Crippen LogP contribution in [0, 0.1) is 18.7 Å². The highest BCUT2D eigenvalue weighted by molar-refractivity contribution is 7.90. The zero-order chi connectivity index (χ0) is 30.8. The molecule has 0 saturated carbocycles. The molecule has 1 aliphatic heterocycles. The molecule has 2 N–H and O–H groups in total. The fraction of sp³-hybridized carbons (Fsp3) is 0.406. The molecular weight excluding hydrogens is 572 g/mol. The Labute approximate surface area is 251 Å². The highest BCUT2D eigenvalue weighted by Gasteiger charge is 2.25. The van der Waals surface area contributed by atoms with Gasteiger partial charge in [-0.15, -0.1) is 0 Å². The van der Waals surface area contributed by atoms with Gasteiger partial charge in [0.15, 0.2) is 9.84 Å². The van der Waals surface area contributed by atoms with E-state index in [1.54, 1.807) is 42.7 Å². The Bertz CT molecular complexity index is 1730. The molecule has 0 radical (unpaired) electrons. The van der Waals surface area contributed by atoms with Crippen molar-refractivity contribution in [1.82, 2.24) is 20.3 Å². The lowest BCUT2D eigenvalue weighted by Crippen LogP contribution is -2.42. The van der Waals surface area contributed by atoms with Crippen molar-refractivity contribution >= 4 is 26.6 Å². The maximum Gasteiger partial charge on any atom is 0.228 e. The highest BCUT2D eigenvalue weighted by Crippen LogP contribution is 2.38. The van der Waals surface area contributed by atoms with Crippen LogP contribution in [-0.4, -0.2) is 53.9 Å². The minimum Gasteiger partial charge on any atom is -0.437 e. The van der Waals surface area contributed by atoms with Gasteiger partial charge in [0.2, 0.25) is 11.8 Å². The minimum absolute atomic E-state index is 0.0262. The van der Waals surface area contributed by atoms with Crippen molar-refractivity contribution in [3.05, 3.63) is 71.8 Å². The van der Waals surface area contributed by atoms with E-state index in [4.69, 9.17) is 9.72 Å². The van der Waals surface area contributed by atoms with Gasteiger partial charge in [-0.05, 0) is 87.4 Å². The van der Waals surface area contributed by atoms with Crippen molar-refractivity contribution in [2.24, 2.45) is 5.92 Å². The molecule has 1 aliphatic rings. The van der Waals surface area contributed by atoms with Crippen LogP contribution in [0.4, 0.5) is 14.7 Å². The predicted molar refractivity (Wildman–Crippen MR) is 165 cm³/mol. The Morgan fingerprint density at radius 1 is 1.07 bits per heavy atom. The standard InChI is InChI=1S/C32H37F2N5O3S/c1-20-16-22(18-35-17-20)38-31-37-14-11-28(39-31)25-6-5-13-36-30(25)42-29-21(2)7-8-23-24(29)9-10-27(33)26(23)19-43(40,41)15-12-32(3,4)34/h5-11,13-14,20,22,35H,12,15-19H2,1-4H3,(H,37,38,39)/t20-,22+/m1/s1. The van der Waals surface area contributed by atoms with Crippen molar-refractivity contribution in [2.45, 2.75) is 58.0 Å². The average molecular weight is 610 g/mol. The van der Waals surface area contributed by atoms with Crippen molar-refractivity contribution in [3.63, 3.8) is 0 Å². The zero-order valence-electron chi connectivity index (χ0n) is 24.8. The van der Waals surface area contributed by atoms with Crippen LogP contribution < -0.4 is 15.4 Å². The molecule has 228 valence electrons. The van der Waals surface area contributed by atoms with E-state index in [0.29, 0.717) is 45.5 Å². The topological polar surface area (TPSA) is 106 Å². The first-order chi connectivity index (χ1) is 20.4. The van der Waals surface area contributed by atoms with Gasteiger partial charge in [-0.25, -0.2) is 32.2 Å². The van der Waals surface area contributed by atoms with Gasteiger partial charge in [0.25, 0.3) is 0 Å². The summed E-state index contributed by atoms with van der Waals surface area (Å²) in [6.07, 6.45) is 4.14. The van der Waals surface area contributed by atoms with Crippen molar-refractivity contribution < 1.29 is 21.9 Å². The van der Waals surface area contributed by atoms with E-state index in [-0.39, 0.29) is 23.8 Å². The van der Waals surface area contributed by atoms with E-state index < -0.39 is 27.1 Å². The van der Waals surface area contributed by atoms with Gasteiger partial charge >= 0.3 is 0 Å². The molecule has 0 unspecified atom stereocenters. The van der Waals surface area contributed by atoms with Crippen molar-refractivity contribution in [2.75, 3.05) is 24.2 Å². The Morgan fingerprint density at radius 3 is 2.63 bits per heavy atom. The highest BCUT2D eigenvalue weighted by atomic mass is 32.2. The third kappa shape index (κ3) is 7.64. The number of alkyl halides is 1. The molecule has 0 bridgehead atoms. The molecule has 0 spiro atoms. The third-order valence-corrected chi connectivity index (χ3v) is 9.13. The number of aryl methyl sites for hydroxylation is 1. The van der Waals surface area contributed by atoms with Crippen LogP contribution in [0.2, 0.25) is 0 Å². The molecule has 2 aromatic heterocycles. The monoisotopic (exact) mass is 609 g/mol. The normalized spacial score (nSPS) is 17.6. The Balaban J connectivity index is 1.47. The molecule has 0 amide bonds. The van der Waals surface area contributed by atoms with Crippen LogP contribution in [0.1, 0.15) is 44.7 Å². The summed E-state index contributed by atoms with van der Waals surface area (Å²) in [5.41, 5.74) is 0.391. The number of aromatic nitrogens is 3. The van der Waals surface area contributed by atoms with E-state index in [9.17, 15) is 12.8 Å². The van der Waals surface area contributed by atoms with Gasteiger partial charge in [0, 0.05) is 35.9 Å². The van der Waals surface area contributed by atoms with E-state index in [1.807, 2.05) is 13.0 Å². The van der Waals surface area contributed by atoms with E-state index in [1.165, 1.54) is 19.9 Å². The summed E-state index contributed by atoms with van der Waals surface area (Å²) in [5.74, 6) is 0.197. The summed E-state index contributed by atoms with van der Waals surface area (Å²) in [5, 5.41) is 7.79. The maximum atomic E-state index is 15.1. The van der Waals surface area contributed by atoms with Crippen molar-refractivity contribution in [1.29, 1.82) is 0 Å². The molecule has 1 fully saturated rings. The van der Waals surface area contributed by atoms with Crippen LogP contribution >= 0.6 is 0 Å². The third-order valence-electron chi connectivity index (χ3n) is 7.58. The molecule has 1 saturated heterocycles. The molecule has 0 aliphatic carbocycles. The van der Waals surface area contributed by atoms with Crippen LogP contribution in [0.3, 0.4) is 0 Å². The van der Waals surface area contributed by atoms with Crippen LogP contribution in [-0.2, 0) is 15.6 Å². The second-order valence-electron chi connectivity index (χ2n) is 12.0. The molecule has 2 atom stereocenters. The molecule has 11 heteroatoms. The second kappa shape index (κ2) is 12.5. The number of ether oxygens (including phenoxy) is 1. The van der Waals surface area contributed by atoms with Crippen molar-refractivity contribution in [3.8, 4) is 22.9 Å². The quantitative estimate of drug-likeness (QED) is 0.213. The number of hydrogen-bond acceptors (Lipinski definition) is 8. The van der Waals surface area contributed by atoms with E-state index >= 15 is 4.39 Å². The summed E-state index contributed by atoms with van der Waals surface area (Å²) in [6.45, 7) is 8.53. The Kier molecular flexibility index (Phi) is 8.94. The number of nitrogens with one attached hydrogen (secondary N) is 2. The molecule has 5 rings (SSSR count). The smallest absolute Gasteiger partial charge is 0.228 e. The fourth-order valence-corrected chi connectivity index (χ4v) is 6.96. The molecule has 2 aromatic carbocycles. The molecular formula is C32H37F2N5O3S. The predicted octanol–water partition coefficient (Wildman–Crippen LogP) is 6.39. The number of benzene rings is 2. The molecule has 8 nitrogen and oxygen atoms in total. The first-order valence-electron chi connectivity index (χ1n) is 14.4. The van der Waals surface area contributed by atoms with E-state index in [0.717, 1.165) is 25.1 Å². The number of sulfone groups is 1. The van der Waals surface area contributed by atoms with Gasteiger partial charge in [-0.1, -0.05) is 19.1 Å². The lowest BCUT2D eigenvalue weighted by Gasteiger charge is -2.28. The second-order valence-corrected chi connectivity index (χ2v) is 14.1. The first-order valence-corrected chi connectivity index (χ1v) is 16.2. The lowest BCUT2D eigenvalue weighted by atomic mass is 9.98. The summed E-state index contributed by atoms with van der Waals surface area (Å²) in [6, 6.07) is 11.9. The Morgan fingerprint density at radius 2 is 1.86 bits per heavy atom. The summed E-state index contributed by atoms with van der Waals surface area (Å²) in [7, 11) is -3.78. The van der Waals surface area contributed by atoms with Gasteiger partial charge < -0.3 is 15.4 Å². The van der Waals surface area contributed by atoms with Crippen LogP contribution in [0.15, 0.2) is 54.9 Å². The van der Waals surface area contributed by atoms with E-state index in [2.05, 4.69) is 27.5 Å². The zero-order valence-corrected chi connectivity index (χ0v) is 25.6. The minimum atomic E-state index is -3.78. The van der Waals surface area contributed by atoms with Crippen LogP contribution in [0.5, 0.6) is 11.6 Å². The molecule has 4 aromatic rings. The fourth-order valence-electron chi connectivity index (χ4n) is 5.29. The number of pyridine rings is 1. The Hall–Kier alpha value is -3.70. The maximum absolute atomic E-state index is 15.1. The number of anilines is 1. The average Bonchev–Trinajstić information content (AvgIpc) is 2.95. The van der Waals surface area contributed by atoms with Gasteiger partial charge in [0.1, 0.15) is 17.2 Å². The number of hydrogen-bond donors (Lipinski definition) is 2. The molecule has 3 heterocycles. The summed E-state index contributed by atoms with van der Waals surface area (Å²) >= 11 is 0. The van der Waals surface area contributed by atoms with Gasteiger partial charge in [-0.3, -0.25) is 0 Å². The molecule has 43 heavy (non-hydrogen) atoms. The van der Waals surface area contributed by atoms with Crippen LogP contribution in [0.25, 0.3) is 22.0 Å². The largest absolute Gasteiger partial charge is 0.437 e. The number of nitrogens with zero attached hydrogens (tertiary/aromatic N) is 3. The van der Waals surface area contributed by atoms with Gasteiger partial charge in [0.05, 0.1) is 22.8 Å². The SMILES string of the molecule is Cc1ccc2c(CS(=O)(=O)CCC(C)(C)F)c(F)ccc2c1Oc1ncccc1-c1ccnc(N[C@@H]2CNC[C@H](C)C2)n1. The number of piperidine rings is 1. The first kappa shape index (κ1) is 30.7. The number of fused-ring (bicyclic) bond motifs is 1. The number of rotatable bonds is 10. The summed E-state index contributed by atoms with van der Waals surface area (Å²) in [4.78, 5) is 13.6. The lowest BCUT2D eigenvalue weighted by molar-refractivity contribution is 0.211.